The lowest BCUT2D eigenvalue weighted by Crippen LogP contribution is -2.56. The fourth-order valence-electron chi connectivity index (χ4n) is 5.41. The van der Waals surface area contributed by atoms with Crippen LogP contribution in [0.5, 0.6) is 0 Å². The van der Waals surface area contributed by atoms with E-state index in [0.717, 1.165) is 74.8 Å². The van der Waals surface area contributed by atoms with E-state index in [1.54, 1.807) is 28.4 Å². The highest BCUT2D eigenvalue weighted by Gasteiger charge is 2.49. The third kappa shape index (κ3) is 16.5. The van der Waals surface area contributed by atoms with Crippen molar-refractivity contribution in [2.24, 2.45) is 5.41 Å². The molecule has 1 unspecified atom stereocenters. The van der Waals surface area contributed by atoms with Gasteiger partial charge < -0.3 is 34.8 Å². The van der Waals surface area contributed by atoms with E-state index in [-0.39, 0.29) is 11.4 Å². The Morgan fingerprint density at radius 1 is 0.659 bits per heavy atom. The van der Waals surface area contributed by atoms with Crippen molar-refractivity contribution in [2.75, 3.05) is 35.0 Å². The number of hydrogen-bond donors (Lipinski definition) is 0. The maximum absolute atomic E-state index is 12.5. The Hall–Kier alpha value is 0.491. The number of unbranched alkanes of at least 4 members (excludes halogenated alkanes) is 1. The Morgan fingerprint density at radius 3 is 1.57 bits per heavy atom. The summed E-state index contributed by atoms with van der Waals surface area (Å²) in [4.78, 5) is 12.5. The van der Waals surface area contributed by atoms with Crippen molar-refractivity contribution in [3.8, 4) is 0 Å². The maximum atomic E-state index is 12.5. The lowest BCUT2D eigenvalue weighted by atomic mass is 9.83. The molecule has 0 rings (SSSR count). The van der Waals surface area contributed by atoms with Crippen LogP contribution >= 0.6 is 0 Å². The van der Waals surface area contributed by atoms with Crippen LogP contribution in [0.4, 0.5) is 0 Å². The van der Waals surface area contributed by atoms with Gasteiger partial charge in [0.1, 0.15) is 9.76 Å². The van der Waals surface area contributed by atoms with Crippen LogP contribution in [-0.2, 0) is 39.6 Å². The third-order valence-electron chi connectivity index (χ3n) is 8.62. The van der Waals surface area contributed by atoms with Gasteiger partial charge in [-0.1, -0.05) is 40.0 Å². The van der Waals surface area contributed by atoms with E-state index in [4.69, 9.17) is 34.8 Å². The van der Waals surface area contributed by atoms with Gasteiger partial charge in [0.25, 0.3) is 0 Å². The van der Waals surface area contributed by atoms with Crippen molar-refractivity contribution in [3.63, 3.8) is 0 Å². The first-order valence-electron chi connectivity index (χ1n) is 16.8. The fourth-order valence-corrected chi connectivity index (χ4v) is 28.7. The summed E-state index contributed by atoms with van der Waals surface area (Å²) in [5.41, 5.74) is -0.353. The third-order valence-corrected chi connectivity index (χ3v) is 30.1. The van der Waals surface area contributed by atoms with E-state index in [0.29, 0.717) is 6.61 Å². The molecule has 0 spiro atoms. The Kier molecular flexibility index (Phi) is 21.0. The van der Waals surface area contributed by atoms with Gasteiger partial charge >= 0.3 is 23.6 Å². The molecule has 264 valence electrons. The summed E-state index contributed by atoms with van der Waals surface area (Å²) in [5, 5.41) is 0. The van der Waals surface area contributed by atoms with Gasteiger partial charge in [-0.3, -0.25) is 4.79 Å². The molecule has 0 heterocycles. The molecule has 1 atom stereocenters. The molecule has 0 aliphatic rings. The number of hydrogen-bond acceptors (Lipinski definition) is 9. The Balaban J connectivity index is 4.92. The maximum Gasteiger partial charge on any atom is 0.489 e. The van der Waals surface area contributed by atoms with Gasteiger partial charge in [-0.15, -0.1) is 0 Å². The Bertz CT molecular complexity index is 795. The van der Waals surface area contributed by atoms with E-state index in [2.05, 4.69) is 60.1 Å². The molecule has 0 aromatic heterocycles. The molecule has 0 radical (unpaired) electrons. The zero-order chi connectivity index (χ0) is 34.1. The van der Waals surface area contributed by atoms with Crippen LogP contribution in [0, 0.1) is 5.41 Å². The highest BCUT2D eigenvalue weighted by molar-refractivity contribution is 6.84. The first kappa shape index (κ1) is 44.5. The van der Waals surface area contributed by atoms with Gasteiger partial charge in [-0.2, -0.15) is 0 Å². The molecule has 44 heavy (non-hydrogen) atoms. The van der Waals surface area contributed by atoms with Crippen LogP contribution in [0.1, 0.15) is 66.2 Å². The highest BCUT2D eigenvalue weighted by Crippen LogP contribution is 2.32. The molecule has 0 saturated heterocycles. The van der Waals surface area contributed by atoms with Crippen LogP contribution in [-0.4, -0.2) is 93.3 Å². The summed E-state index contributed by atoms with van der Waals surface area (Å²) >= 11 is 0. The summed E-state index contributed by atoms with van der Waals surface area (Å²) in [5.74, 6) is -0.0500. The first-order chi connectivity index (χ1) is 20.4. The lowest BCUT2D eigenvalue weighted by Gasteiger charge is -2.39. The molecule has 15 heteroatoms. The van der Waals surface area contributed by atoms with Crippen molar-refractivity contribution in [2.45, 2.75) is 142 Å². The van der Waals surface area contributed by atoms with E-state index in [1.807, 2.05) is 6.92 Å². The monoisotopic (exact) mass is 730 g/mol. The molecule has 0 aliphatic carbocycles. The number of rotatable bonds is 27. The molecule has 0 fully saturated rings. The second kappa shape index (κ2) is 20.8. The molecule has 0 aliphatic heterocycles. The average molecular weight is 731 g/mol. The smallest absolute Gasteiger partial charge is 0.465 e. The van der Waals surface area contributed by atoms with Gasteiger partial charge in [-0.25, -0.2) is 0 Å². The summed E-state index contributed by atoms with van der Waals surface area (Å²) in [6.45, 7) is 22.4. The van der Waals surface area contributed by atoms with E-state index in [1.165, 1.54) is 0 Å². The molecule has 9 nitrogen and oxygen atoms in total. The van der Waals surface area contributed by atoms with Gasteiger partial charge in [0.05, 0.1) is 12.0 Å². The number of ether oxygens (including phenoxy) is 1. The van der Waals surface area contributed by atoms with Gasteiger partial charge in [-0.05, 0) is 89.6 Å². The molecule has 0 aromatic carbocycles. The number of carbonyl (C=O) groups is 1. The second-order valence-electron chi connectivity index (χ2n) is 14.1. The predicted molar refractivity (Wildman–Crippen MR) is 196 cm³/mol. The average Bonchev–Trinajstić information content (AvgIpc) is 2.96. The second-order valence-corrected chi connectivity index (χ2v) is 35.5. The van der Waals surface area contributed by atoms with Crippen molar-refractivity contribution >= 4 is 58.3 Å². The molecule has 0 N–H and O–H groups in total. The highest BCUT2D eigenvalue weighted by atomic mass is 28.5. The molecule has 0 amide bonds. The number of esters is 1. The Labute approximate surface area is 279 Å². The summed E-state index contributed by atoms with van der Waals surface area (Å²) in [6, 6.07) is 5.41. The SMILES string of the molecule is CCCC(C)(CC)C(=O)OCCCC[SiH2]O[Si](C)(C)CC[Si](OC)(OC)O[Si](C)(C)CC[Si](OC)(OC)O[Si](C)(C)CCC. The van der Waals surface area contributed by atoms with Crippen LogP contribution in [0.2, 0.25) is 75.5 Å². The number of carbonyl (C=O) groups excluding carboxylic acids is 1. The molecule has 0 saturated carbocycles. The summed E-state index contributed by atoms with van der Waals surface area (Å²) in [6.07, 6.45) is 5.71. The van der Waals surface area contributed by atoms with Crippen LogP contribution in [0.15, 0.2) is 0 Å². The van der Waals surface area contributed by atoms with Crippen molar-refractivity contribution in [1.29, 1.82) is 0 Å². The minimum Gasteiger partial charge on any atom is -0.465 e. The van der Waals surface area contributed by atoms with Crippen molar-refractivity contribution < 1.29 is 39.6 Å². The Morgan fingerprint density at radius 2 is 1.14 bits per heavy atom. The van der Waals surface area contributed by atoms with Gasteiger partial charge in [0.2, 0.25) is 0 Å². The van der Waals surface area contributed by atoms with Crippen LogP contribution in [0.25, 0.3) is 0 Å². The van der Waals surface area contributed by atoms with Crippen LogP contribution in [0.3, 0.4) is 0 Å². The first-order valence-corrected chi connectivity index (χ1v) is 31.6. The van der Waals surface area contributed by atoms with E-state index < -0.39 is 52.3 Å². The molecular weight excluding hydrogens is 661 g/mol. The van der Waals surface area contributed by atoms with E-state index >= 15 is 0 Å². The zero-order valence-electron chi connectivity index (χ0n) is 31.1. The van der Waals surface area contributed by atoms with Gasteiger partial charge in [0, 0.05) is 40.5 Å². The topological polar surface area (TPSA) is 90.9 Å². The predicted octanol–water partition coefficient (Wildman–Crippen LogP) is 7.57. The van der Waals surface area contributed by atoms with E-state index in [9.17, 15) is 4.79 Å². The van der Waals surface area contributed by atoms with Crippen LogP contribution < -0.4 is 0 Å². The minimum atomic E-state index is -2.88. The summed E-state index contributed by atoms with van der Waals surface area (Å²) in [7, 11) is -5.48. The molecule has 0 bridgehead atoms. The van der Waals surface area contributed by atoms with Crippen molar-refractivity contribution in [1.82, 2.24) is 0 Å². The quantitative estimate of drug-likeness (QED) is 0.0483. The minimum absolute atomic E-state index is 0.0500. The van der Waals surface area contributed by atoms with Crippen molar-refractivity contribution in [3.05, 3.63) is 0 Å². The zero-order valence-corrected chi connectivity index (χ0v) is 37.5. The molecule has 0 aromatic rings. The largest absolute Gasteiger partial charge is 0.489 e. The van der Waals surface area contributed by atoms with Gasteiger partial charge in [0.15, 0.2) is 25.0 Å². The molecular formula is C29H70O9Si6. The lowest BCUT2D eigenvalue weighted by molar-refractivity contribution is -0.155. The fraction of sp³-hybridized carbons (Fsp3) is 0.966. The normalized spacial score (nSPS) is 15.2. The summed E-state index contributed by atoms with van der Waals surface area (Å²) < 4.78 is 49.7. The standard InChI is InChI=1S/C29H70O9Si6/c1-15-20-29(4,17-3)28(30)35-21-18-19-22-39-36-40(9,10)24-26-43(31-5,32-6)38-42(13,14)25-27-44(33-7,34-8)37-41(11,12)23-16-2/h15-27,39H2,1-14H3.